The molecule has 3 fully saturated rings. The number of halogens is 5. The third-order valence-corrected chi connectivity index (χ3v) is 10.5. The number of ether oxygens (including phenoxy) is 1. The van der Waals surface area contributed by atoms with E-state index in [0.717, 1.165) is 37.1 Å². The molecular formula is C31H29ClF4N6OS. The Morgan fingerprint density at radius 3 is 2.80 bits per heavy atom. The fourth-order valence-electron chi connectivity index (χ4n) is 7.15. The molecule has 0 aliphatic carbocycles. The number of anilines is 2. The quantitative estimate of drug-likeness (QED) is 0.230. The first-order valence-electron chi connectivity index (χ1n) is 14.7. The van der Waals surface area contributed by atoms with Crippen molar-refractivity contribution in [2.24, 2.45) is 0 Å². The predicted molar refractivity (Wildman–Crippen MR) is 164 cm³/mol. The van der Waals surface area contributed by atoms with Gasteiger partial charge in [-0.3, -0.25) is 4.90 Å². The van der Waals surface area contributed by atoms with Crippen molar-refractivity contribution in [2.75, 3.05) is 43.4 Å². The molecule has 0 radical (unpaired) electrons. The van der Waals surface area contributed by atoms with Crippen molar-refractivity contribution in [3.05, 3.63) is 40.4 Å². The van der Waals surface area contributed by atoms with Crippen LogP contribution in [0.15, 0.2) is 18.2 Å². The van der Waals surface area contributed by atoms with Crippen LogP contribution in [-0.4, -0.2) is 65.5 Å². The van der Waals surface area contributed by atoms with Crippen molar-refractivity contribution in [1.29, 1.82) is 5.26 Å². The monoisotopic (exact) mass is 644 g/mol. The molecule has 2 N–H and O–H groups in total. The van der Waals surface area contributed by atoms with Crippen LogP contribution in [0, 0.1) is 23.0 Å². The Bertz CT molecular complexity index is 1830. The Hall–Kier alpha value is -3.40. The Kier molecular flexibility index (Phi) is 7.46. The molecule has 0 saturated carbocycles. The first-order valence-corrected chi connectivity index (χ1v) is 15.9. The second-order valence-electron chi connectivity index (χ2n) is 11.9. The van der Waals surface area contributed by atoms with Gasteiger partial charge >= 0.3 is 6.01 Å². The predicted octanol–water partition coefficient (Wildman–Crippen LogP) is 7.18. The second kappa shape index (κ2) is 11.2. The molecular weight excluding hydrogens is 616 g/mol. The van der Waals surface area contributed by atoms with E-state index in [1.54, 1.807) is 4.90 Å². The lowest BCUT2D eigenvalue weighted by molar-refractivity contribution is 0.107. The highest BCUT2D eigenvalue weighted by molar-refractivity contribution is 7.23. The summed E-state index contributed by atoms with van der Waals surface area (Å²) in [5, 5.41) is 10.3. The molecule has 3 aliphatic rings. The van der Waals surface area contributed by atoms with E-state index in [9.17, 15) is 18.4 Å². The molecule has 0 amide bonds. The first kappa shape index (κ1) is 29.3. The smallest absolute Gasteiger partial charge is 0.319 e. The SMILES string of the molecule is N#Cc1c(N)sc2c(F)ccc(-c3c(Cl)cc4c(N5CCCCC(F)C5)nc(OC[C@@]56CCCN5C[C@H](F)C6)nc4c3F)c12. The molecule has 3 aliphatic heterocycles. The van der Waals surface area contributed by atoms with E-state index in [4.69, 9.17) is 22.1 Å². The van der Waals surface area contributed by atoms with Crippen molar-refractivity contribution in [3.63, 3.8) is 0 Å². The highest BCUT2D eigenvalue weighted by atomic mass is 35.5. The van der Waals surface area contributed by atoms with Crippen molar-refractivity contribution < 1.29 is 22.3 Å². The average molecular weight is 645 g/mol. The number of nitrogens with zero attached hydrogens (tertiary/aromatic N) is 5. The Labute approximate surface area is 260 Å². The maximum Gasteiger partial charge on any atom is 0.319 e. The highest BCUT2D eigenvalue weighted by Gasteiger charge is 2.49. The molecule has 13 heteroatoms. The van der Waals surface area contributed by atoms with E-state index >= 15 is 4.39 Å². The van der Waals surface area contributed by atoms with Crippen LogP contribution in [0.2, 0.25) is 5.02 Å². The number of thiophene rings is 1. The summed E-state index contributed by atoms with van der Waals surface area (Å²) in [5.41, 5.74) is 5.57. The van der Waals surface area contributed by atoms with Gasteiger partial charge in [-0.2, -0.15) is 15.2 Å². The maximum atomic E-state index is 16.8. The summed E-state index contributed by atoms with van der Waals surface area (Å²) in [6, 6.07) is 5.96. The molecule has 2 aromatic carbocycles. The topological polar surface area (TPSA) is 91.3 Å². The van der Waals surface area contributed by atoms with Crippen LogP contribution in [-0.2, 0) is 0 Å². The molecule has 7 nitrogen and oxygen atoms in total. The molecule has 44 heavy (non-hydrogen) atoms. The summed E-state index contributed by atoms with van der Waals surface area (Å²) < 4.78 is 67.0. The number of rotatable bonds is 5. The van der Waals surface area contributed by atoms with Crippen molar-refractivity contribution in [1.82, 2.24) is 14.9 Å². The number of alkyl halides is 2. The minimum Gasteiger partial charge on any atom is -0.461 e. The molecule has 3 saturated heterocycles. The van der Waals surface area contributed by atoms with Crippen molar-refractivity contribution in [3.8, 4) is 23.2 Å². The van der Waals surface area contributed by atoms with E-state index in [0.29, 0.717) is 38.2 Å². The lowest BCUT2D eigenvalue weighted by Crippen LogP contribution is -2.43. The standard InChI is InChI=1S/C31H29ClF4N6OS/c32-21-10-19-26(25(36)24(21)18-5-6-22(35)27-23(18)20(12-37)28(38)44-27)39-30(40-29(19)41-8-2-1-4-16(33)13-41)43-15-31-7-3-9-42(31)14-17(34)11-31/h5-6,10,16-17H,1-4,7-9,11,13-15,38H2/t16?,17-,31+/m1/s1. The number of aromatic nitrogens is 2. The second-order valence-corrected chi connectivity index (χ2v) is 13.4. The summed E-state index contributed by atoms with van der Waals surface area (Å²) in [4.78, 5) is 13.0. The summed E-state index contributed by atoms with van der Waals surface area (Å²) in [6.07, 6.45) is 1.81. The van der Waals surface area contributed by atoms with Gasteiger partial charge in [-0.1, -0.05) is 17.7 Å². The van der Waals surface area contributed by atoms with Crippen LogP contribution in [0.3, 0.4) is 0 Å². The van der Waals surface area contributed by atoms with Gasteiger partial charge in [-0.05, 0) is 56.3 Å². The van der Waals surface area contributed by atoms with Gasteiger partial charge in [-0.25, -0.2) is 17.6 Å². The number of hydrogen-bond donors (Lipinski definition) is 1. The third-order valence-electron chi connectivity index (χ3n) is 9.19. The number of benzene rings is 2. The van der Waals surface area contributed by atoms with Crippen molar-refractivity contribution >= 4 is 54.7 Å². The van der Waals surface area contributed by atoms with E-state index in [-0.39, 0.29) is 66.9 Å². The number of fused-ring (bicyclic) bond motifs is 3. The zero-order chi connectivity index (χ0) is 30.7. The third kappa shape index (κ3) is 4.80. The van der Waals surface area contributed by atoms with Crippen LogP contribution in [0.1, 0.15) is 44.1 Å². The molecule has 1 unspecified atom stereocenters. The van der Waals surface area contributed by atoms with E-state index in [1.807, 2.05) is 6.07 Å². The summed E-state index contributed by atoms with van der Waals surface area (Å²) >= 11 is 7.66. The van der Waals surface area contributed by atoms with Gasteiger partial charge in [0.15, 0.2) is 5.82 Å². The lowest BCUT2D eigenvalue weighted by Gasteiger charge is -2.31. The van der Waals surface area contributed by atoms with Gasteiger partial charge in [0, 0.05) is 35.8 Å². The van der Waals surface area contributed by atoms with Crippen molar-refractivity contribution in [2.45, 2.75) is 56.4 Å². The molecule has 4 aromatic rings. The van der Waals surface area contributed by atoms with Gasteiger partial charge in [0.05, 0.1) is 27.4 Å². The fourth-order valence-corrected chi connectivity index (χ4v) is 8.39. The maximum absolute atomic E-state index is 16.8. The Balaban J connectivity index is 1.40. The van der Waals surface area contributed by atoms with Gasteiger partial charge < -0.3 is 15.4 Å². The van der Waals surface area contributed by atoms with E-state index in [2.05, 4.69) is 14.9 Å². The largest absolute Gasteiger partial charge is 0.461 e. The molecule has 0 bridgehead atoms. The minimum absolute atomic E-state index is 0.0119. The van der Waals surface area contributed by atoms with E-state index in [1.165, 1.54) is 18.2 Å². The van der Waals surface area contributed by atoms with E-state index < -0.39 is 29.5 Å². The van der Waals surface area contributed by atoms with Gasteiger partial charge in [0.2, 0.25) is 0 Å². The summed E-state index contributed by atoms with van der Waals surface area (Å²) in [5.74, 6) is -1.12. The molecule has 0 spiro atoms. The summed E-state index contributed by atoms with van der Waals surface area (Å²) in [7, 11) is 0. The Morgan fingerprint density at radius 1 is 1.14 bits per heavy atom. The molecule has 2 aromatic heterocycles. The molecule has 3 atom stereocenters. The Morgan fingerprint density at radius 2 is 1.98 bits per heavy atom. The lowest BCUT2D eigenvalue weighted by atomic mass is 9.95. The number of hydrogen-bond acceptors (Lipinski definition) is 8. The number of nitrogens with two attached hydrogens (primary N) is 1. The van der Waals surface area contributed by atoms with Gasteiger partial charge in [-0.15, -0.1) is 11.3 Å². The zero-order valence-electron chi connectivity index (χ0n) is 23.7. The average Bonchev–Trinajstić information content (AvgIpc) is 3.57. The zero-order valence-corrected chi connectivity index (χ0v) is 25.3. The number of nitriles is 1. The molecule has 5 heterocycles. The highest BCUT2D eigenvalue weighted by Crippen LogP contribution is 2.46. The normalized spacial score (nSPS) is 24.1. The minimum atomic E-state index is -1.10. The van der Waals surface area contributed by atoms with Crippen LogP contribution in [0.25, 0.3) is 32.1 Å². The van der Waals surface area contributed by atoms with Crippen LogP contribution < -0.4 is 15.4 Å². The van der Waals surface area contributed by atoms with Gasteiger partial charge in [0.25, 0.3) is 0 Å². The van der Waals surface area contributed by atoms with Crippen LogP contribution >= 0.6 is 22.9 Å². The van der Waals surface area contributed by atoms with Gasteiger partial charge in [0.1, 0.15) is 47.2 Å². The first-order chi connectivity index (χ1) is 21.2. The molecule has 230 valence electrons. The fraction of sp³-hybridized carbons (Fsp3) is 0.452. The van der Waals surface area contributed by atoms with Crippen LogP contribution in [0.4, 0.5) is 28.4 Å². The number of nitrogen functional groups attached to an aromatic ring is 1. The molecule has 7 rings (SSSR count). The van der Waals surface area contributed by atoms with Crippen LogP contribution in [0.5, 0.6) is 6.01 Å². The summed E-state index contributed by atoms with van der Waals surface area (Å²) in [6.45, 7) is 1.81.